The third-order valence-electron chi connectivity index (χ3n) is 3.09. The molecule has 10 heteroatoms. The van der Waals surface area contributed by atoms with Gasteiger partial charge >= 0.3 is 12.2 Å². The second-order valence-corrected chi connectivity index (χ2v) is 5.44. The summed E-state index contributed by atoms with van der Waals surface area (Å²) in [5.74, 6) is -3.71. The Bertz CT molecular complexity index is 567. The van der Waals surface area contributed by atoms with Crippen LogP contribution >= 0.6 is 0 Å². The molecule has 1 rings (SSSR count). The minimum atomic E-state index is -5.19. The van der Waals surface area contributed by atoms with Crippen LogP contribution in [0, 0.1) is 11.6 Å². The first-order valence-corrected chi connectivity index (χ1v) is 6.90. The Morgan fingerprint density at radius 3 is 2.21 bits per heavy atom. The molecule has 136 valence electrons. The zero-order valence-corrected chi connectivity index (χ0v) is 12.7. The number of carbonyl (C=O) groups is 1. The number of rotatable bonds is 6. The van der Waals surface area contributed by atoms with Gasteiger partial charge in [-0.25, -0.2) is 13.6 Å². The van der Waals surface area contributed by atoms with Gasteiger partial charge < -0.3 is 20.8 Å². The zero-order chi connectivity index (χ0) is 18.5. The monoisotopic (exact) mass is 356 g/mol. The fourth-order valence-electron chi connectivity index (χ4n) is 1.91. The van der Waals surface area contributed by atoms with Crippen molar-refractivity contribution < 1.29 is 37.0 Å². The van der Waals surface area contributed by atoms with Gasteiger partial charge in [-0.2, -0.15) is 13.2 Å². The Hall–Kier alpha value is -1.94. The van der Waals surface area contributed by atoms with E-state index in [0.29, 0.717) is 18.6 Å². The molecule has 1 atom stereocenters. The molecule has 0 aliphatic rings. The van der Waals surface area contributed by atoms with Crippen LogP contribution in [0.2, 0.25) is 0 Å². The Kier molecular flexibility index (Phi) is 6.50. The molecule has 4 N–H and O–H groups in total. The molecule has 1 aromatic carbocycles. The number of hydrogen-bond donors (Lipinski definition) is 4. The van der Waals surface area contributed by atoms with Gasteiger partial charge in [0.25, 0.3) is 0 Å². The van der Waals surface area contributed by atoms with Gasteiger partial charge in [-0.05, 0) is 31.9 Å². The quantitative estimate of drug-likeness (QED) is 0.592. The van der Waals surface area contributed by atoms with E-state index in [1.165, 1.54) is 6.92 Å². The maximum atomic E-state index is 13.4. The normalized spacial score (nSPS) is 14.2. The van der Waals surface area contributed by atoms with Gasteiger partial charge in [0.15, 0.2) is 0 Å². The molecule has 0 radical (unpaired) electrons. The number of benzene rings is 1. The highest BCUT2D eigenvalue weighted by molar-refractivity contribution is 5.89. The van der Waals surface area contributed by atoms with Crippen molar-refractivity contribution in [1.29, 1.82) is 0 Å². The maximum absolute atomic E-state index is 13.4. The summed E-state index contributed by atoms with van der Waals surface area (Å²) in [5.41, 5.74) is -3.87. The summed E-state index contributed by atoms with van der Waals surface area (Å²) in [4.78, 5) is 11.6. The second kappa shape index (κ2) is 7.75. The largest absolute Gasteiger partial charge is 0.422 e. The number of nitrogens with one attached hydrogen (secondary N) is 2. The molecule has 0 fully saturated rings. The molecule has 0 bridgehead atoms. The number of hydrogen-bond acceptors (Lipinski definition) is 3. The van der Waals surface area contributed by atoms with Crippen molar-refractivity contribution in [2.75, 3.05) is 18.5 Å². The molecule has 24 heavy (non-hydrogen) atoms. The highest BCUT2D eigenvalue weighted by atomic mass is 19.4. The van der Waals surface area contributed by atoms with Gasteiger partial charge in [0, 0.05) is 18.8 Å². The van der Waals surface area contributed by atoms with Crippen LogP contribution in [0.3, 0.4) is 0 Å². The lowest BCUT2D eigenvalue weighted by atomic mass is 10.0. The Morgan fingerprint density at radius 1 is 1.21 bits per heavy atom. The number of aliphatic hydroxyl groups excluding tert-OH is 1. The number of halogens is 5. The van der Waals surface area contributed by atoms with Crippen molar-refractivity contribution in [3.63, 3.8) is 0 Å². The molecule has 0 unspecified atom stereocenters. The van der Waals surface area contributed by atoms with E-state index >= 15 is 0 Å². The standard InChI is InChI=1S/C14H17F5N2O3/c1-13(24,3-2-4-22)7-20-12(23)21-8-5-9(15)11(10(16)6-8)14(17,18)19/h5-6,22,24H,2-4,7H2,1H3,(H2,20,21,23)/t13-/m1/s1. The highest BCUT2D eigenvalue weighted by Crippen LogP contribution is 2.34. The number of anilines is 1. The lowest BCUT2D eigenvalue weighted by Gasteiger charge is -2.23. The van der Waals surface area contributed by atoms with Crippen LogP contribution in [-0.4, -0.2) is 35.0 Å². The zero-order valence-electron chi connectivity index (χ0n) is 12.7. The van der Waals surface area contributed by atoms with E-state index in [-0.39, 0.29) is 19.6 Å². The molecular formula is C14H17F5N2O3. The number of aliphatic hydroxyl groups is 2. The molecule has 0 heterocycles. The molecule has 2 amide bonds. The number of amides is 2. The Morgan fingerprint density at radius 2 is 1.75 bits per heavy atom. The summed E-state index contributed by atoms with van der Waals surface area (Å²) >= 11 is 0. The van der Waals surface area contributed by atoms with Gasteiger partial charge in [0.1, 0.15) is 17.2 Å². The number of urea groups is 1. The fourth-order valence-corrected chi connectivity index (χ4v) is 1.91. The summed E-state index contributed by atoms with van der Waals surface area (Å²) < 4.78 is 64.0. The van der Waals surface area contributed by atoms with Crippen molar-refractivity contribution in [3.8, 4) is 0 Å². The molecule has 0 saturated heterocycles. The van der Waals surface area contributed by atoms with Crippen molar-refractivity contribution in [3.05, 3.63) is 29.3 Å². The highest BCUT2D eigenvalue weighted by Gasteiger charge is 2.38. The Balaban J connectivity index is 2.72. The van der Waals surface area contributed by atoms with E-state index < -0.39 is 40.7 Å². The van der Waals surface area contributed by atoms with E-state index in [1.54, 1.807) is 0 Å². The van der Waals surface area contributed by atoms with Gasteiger partial charge in [-0.15, -0.1) is 0 Å². The van der Waals surface area contributed by atoms with E-state index in [1.807, 2.05) is 5.32 Å². The molecular weight excluding hydrogens is 339 g/mol. The van der Waals surface area contributed by atoms with Crippen molar-refractivity contribution in [2.24, 2.45) is 0 Å². The number of alkyl halides is 3. The van der Waals surface area contributed by atoms with E-state index in [9.17, 15) is 31.9 Å². The third-order valence-corrected chi connectivity index (χ3v) is 3.09. The smallest absolute Gasteiger partial charge is 0.396 e. The van der Waals surface area contributed by atoms with Crippen LogP contribution in [0.1, 0.15) is 25.3 Å². The topological polar surface area (TPSA) is 81.6 Å². The minimum absolute atomic E-state index is 0.146. The van der Waals surface area contributed by atoms with Crippen LogP contribution < -0.4 is 10.6 Å². The molecule has 0 aliphatic heterocycles. The predicted molar refractivity (Wildman–Crippen MR) is 75.3 cm³/mol. The van der Waals surface area contributed by atoms with Crippen LogP contribution in [0.15, 0.2) is 12.1 Å². The van der Waals surface area contributed by atoms with Gasteiger partial charge in [0.05, 0.1) is 5.60 Å². The fraction of sp³-hybridized carbons (Fsp3) is 0.500. The van der Waals surface area contributed by atoms with Crippen LogP contribution in [0.25, 0.3) is 0 Å². The first-order chi connectivity index (χ1) is 11.0. The van der Waals surface area contributed by atoms with Crippen molar-refractivity contribution in [2.45, 2.75) is 31.5 Å². The SMILES string of the molecule is C[C@@](O)(CCCO)CNC(=O)Nc1cc(F)c(C(F)(F)F)c(F)c1. The first kappa shape index (κ1) is 20.1. The van der Waals surface area contributed by atoms with E-state index in [2.05, 4.69) is 5.32 Å². The van der Waals surface area contributed by atoms with Crippen LogP contribution in [-0.2, 0) is 6.18 Å². The van der Waals surface area contributed by atoms with E-state index in [0.717, 1.165) is 0 Å². The summed E-state index contributed by atoms with van der Waals surface area (Å²) in [6.07, 6.45) is -4.71. The number of carbonyl (C=O) groups excluding carboxylic acids is 1. The van der Waals surface area contributed by atoms with E-state index in [4.69, 9.17) is 5.11 Å². The van der Waals surface area contributed by atoms with Gasteiger partial charge in [0.2, 0.25) is 0 Å². The third kappa shape index (κ3) is 5.93. The van der Waals surface area contributed by atoms with Crippen molar-refractivity contribution in [1.82, 2.24) is 5.32 Å². The lowest BCUT2D eigenvalue weighted by molar-refractivity contribution is -0.142. The van der Waals surface area contributed by atoms with Gasteiger partial charge in [-0.3, -0.25) is 0 Å². The molecule has 0 aliphatic carbocycles. The molecule has 0 saturated carbocycles. The summed E-state index contributed by atoms with van der Waals surface area (Å²) in [6, 6.07) is -0.275. The minimum Gasteiger partial charge on any atom is -0.396 e. The van der Waals surface area contributed by atoms with Crippen LogP contribution in [0.4, 0.5) is 32.4 Å². The lowest BCUT2D eigenvalue weighted by Crippen LogP contribution is -2.42. The molecule has 5 nitrogen and oxygen atoms in total. The predicted octanol–water partition coefficient (Wildman–Crippen LogP) is 2.63. The molecule has 0 aromatic heterocycles. The summed E-state index contributed by atoms with van der Waals surface area (Å²) in [7, 11) is 0. The average molecular weight is 356 g/mol. The summed E-state index contributed by atoms with van der Waals surface area (Å²) in [6.45, 7) is 1.03. The summed E-state index contributed by atoms with van der Waals surface area (Å²) in [5, 5.41) is 22.7. The first-order valence-electron chi connectivity index (χ1n) is 6.90. The van der Waals surface area contributed by atoms with Crippen molar-refractivity contribution >= 4 is 11.7 Å². The van der Waals surface area contributed by atoms with Crippen LogP contribution in [0.5, 0.6) is 0 Å². The maximum Gasteiger partial charge on any atom is 0.422 e. The Labute approximate surface area is 134 Å². The average Bonchev–Trinajstić information content (AvgIpc) is 2.41. The molecule has 0 spiro atoms. The van der Waals surface area contributed by atoms with Gasteiger partial charge in [-0.1, -0.05) is 0 Å². The molecule has 1 aromatic rings. The second-order valence-electron chi connectivity index (χ2n) is 5.44.